The molecule has 2 rings (SSSR count). The average Bonchev–Trinajstić information content (AvgIpc) is 2.28. The van der Waals surface area contributed by atoms with Crippen molar-refractivity contribution in [1.29, 1.82) is 0 Å². The van der Waals surface area contributed by atoms with Crippen molar-refractivity contribution in [2.45, 2.75) is 38.1 Å². The largest absolute Gasteiger partial charge is 0.490 e. The number of rotatable bonds is 2. The second-order valence-electron chi connectivity index (χ2n) is 4.64. The zero-order valence-electron chi connectivity index (χ0n) is 10.1. The van der Waals surface area contributed by atoms with Gasteiger partial charge in [-0.05, 0) is 50.6 Å². The summed E-state index contributed by atoms with van der Waals surface area (Å²) >= 11 is 0. The van der Waals surface area contributed by atoms with Crippen LogP contribution in [-0.4, -0.2) is 18.7 Å². The summed E-state index contributed by atoms with van der Waals surface area (Å²) in [6.45, 7) is 2.95. The van der Waals surface area contributed by atoms with Gasteiger partial charge in [-0.25, -0.2) is 0 Å². The lowest BCUT2D eigenvalue weighted by atomic mass is 10.0. The van der Waals surface area contributed by atoms with Crippen molar-refractivity contribution in [2.24, 2.45) is 0 Å². The molecule has 2 nitrogen and oxygen atoms in total. The second-order valence-corrected chi connectivity index (χ2v) is 4.64. The highest BCUT2D eigenvalue weighted by Gasteiger charge is 2.30. The highest BCUT2D eigenvalue weighted by Crippen LogP contribution is 2.30. The summed E-state index contributed by atoms with van der Waals surface area (Å²) in [4.78, 5) is 0. The molecule has 5 heteroatoms. The number of nitrogens with one attached hydrogen (secondary N) is 1. The maximum atomic E-state index is 12.4. The van der Waals surface area contributed by atoms with Gasteiger partial charge in [-0.2, -0.15) is 13.2 Å². The highest BCUT2D eigenvalue weighted by atomic mass is 19.4. The van der Waals surface area contributed by atoms with E-state index in [1.807, 2.05) is 0 Å². The molecule has 100 valence electrons. The zero-order chi connectivity index (χ0) is 13.2. The first-order valence-electron chi connectivity index (χ1n) is 6.02. The molecule has 1 heterocycles. The lowest BCUT2D eigenvalue weighted by Crippen LogP contribution is -2.40. The van der Waals surface area contributed by atoms with Crippen LogP contribution in [0, 0.1) is 0 Å². The van der Waals surface area contributed by atoms with Crippen LogP contribution in [0.15, 0.2) is 24.3 Å². The number of hydrogen-bond acceptors (Lipinski definition) is 2. The molecule has 0 amide bonds. The van der Waals surface area contributed by atoms with E-state index in [1.54, 1.807) is 0 Å². The quantitative estimate of drug-likeness (QED) is 0.880. The predicted molar refractivity (Wildman–Crippen MR) is 62.6 cm³/mol. The summed E-state index contributed by atoms with van der Waals surface area (Å²) in [6, 6.07) is 5.27. The summed E-state index contributed by atoms with van der Waals surface area (Å²) in [5.74, 6) is 0.502. The SMILES string of the molecule is C[C@H]1C[C@@H](Oc2ccc(C(F)(F)F)cc2)CCN1. The molecule has 1 aliphatic heterocycles. The molecule has 0 saturated carbocycles. The van der Waals surface area contributed by atoms with E-state index in [4.69, 9.17) is 4.74 Å². The fourth-order valence-corrected chi connectivity index (χ4v) is 2.11. The van der Waals surface area contributed by atoms with E-state index in [0.29, 0.717) is 11.8 Å². The third kappa shape index (κ3) is 3.38. The third-order valence-electron chi connectivity index (χ3n) is 3.06. The van der Waals surface area contributed by atoms with E-state index in [2.05, 4.69) is 12.2 Å². The summed E-state index contributed by atoms with van der Waals surface area (Å²) in [5.41, 5.74) is -0.645. The maximum Gasteiger partial charge on any atom is 0.416 e. The topological polar surface area (TPSA) is 21.3 Å². The molecule has 1 N–H and O–H groups in total. The Balaban J connectivity index is 1.98. The van der Waals surface area contributed by atoms with Gasteiger partial charge in [-0.15, -0.1) is 0 Å². The summed E-state index contributed by atoms with van der Waals surface area (Å²) in [5, 5.41) is 3.30. The fraction of sp³-hybridized carbons (Fsp3) is 0.538. The van der Waals surface area contributed by atoms with E-state index < -0.39 is 11.7 Å². The van der Waals surface area contributed by atoms with Crippen LogP contribution < -0.4 is 10.1 Å². The molecule has 0 radical (unpaired) electrons. The number of hydrogen-bond donors (Lipinski definition) is 1. The van der Waals surface area contributed by atoms with Gasteiger partial charge in [0.15, 0.2) is 0 Å². The molecule has 1 aliphatic rings. The first-order valence-corrected chi connectivity index (χ1v) is 6.02. The van der Waals surface area contributed by atoms with Crippen LogP contribution in [0.2, 0.25) is 0 Å². The number of ether oxygens (including phenoxy) is 1. The average molecular weight is 259 g/mol. The summed E-state index contributed by atoms with van der Waals surface area (Å²) < 4.78 is 42.8. The van der Waals surface area contributed by atoms with Crippen molar-refractivity contribution >= 4 is 0 Å². The Hall–Kier alpha value is -1.23. The van der Waals surface area contributed by atoms with Gasteiger partial charge in [0.05, 0.1) is 5.56 Å². The number of piperidine rings is 1. The van der Waals surface area contributed by atoms with E-state index in [9.17, 15) is 13.2 Å². The molecule has 0 aliphatic carbocycles. The Morgan fingerprint density at radius 1 is 1.22 bits per heavy atom. The number of alkyl halides is 3. The molecular weight excluding hydrogens is 243 g/mol. The molecule has 1 saturated heterocycles. The standard InChI is InChI=1S/C13H16F3NO/c1-9-8-12(6-7-17-9)18-11-4-2-10(3-5-11)13(14,15)16/h2-5,9,12,17H,6-8H2,1H3/t9-,12-/m0/s1. The van der Waals surface area contributed by atoms with Crippen molar-refractivity contribution in [3.63, 3.8) is 0 Å². The van der Waals surface area contributed by atoms with Gasteiger partial charge in [0, 0.05) is 6.04 Å². The minimum atomic E-state index is -4.29. The van der Waals surface area contributed by atoms with Crippen molar-refractivity contribution in [3.8, 4) is 5.75 Å². The van der Waals surface area contributed by atoms with Gasteiger partial charge in [-0.3, -0.25) is 0 Å². The van der Waals surface area contributed by atoms with E-state index >= 15 is 0 Å². The van der Waals surface area contributed by atoms with Crippen LogP contribution in [0.5, 0.6) is 5.75 Å². The number of benzene rings is 1. The van der Waals surface area contributed by atoms with Crippen molar-refractivity contribution in [3.05, 3.63) is 29.8 Å². The third-order valence-corrected chi connectivity index (χ3v) is 3.06. The van der Waals surface area contributed by atoms with E-state index in [1.165, 1.54) is 12.1 Å². The first-order chi connectivity index (χ1) is 8.45. The Bertz CT molecular complexity index is 388. The minimum Gasteiger partial charge on any atom is -0.490 e. The summed E-state index contributed by atoms with van der Waals surface area (Å²) in [7, 11) is 0. The van der Waals surface area contributed by atoms with Gasteiger partial charge in [0.2, 0.25) is 0 Å². The normalized spacial score (nSPS) is 24.9. The highest BCUT2D eigenvalue weighted by molar-refractivity contribution is 5.29. The zero-order valence-corrected chi connectivity index (χ0v) is 10.1. The molecule has 18 heavy (non-hydrogen) atoms. The van der Waals surface area contributed by atoms with Crippen LogP contribution >= 0.6 is 0 Å². The molecular formula is C13H16F3NO. The van der Waals surface area contributed by atoms with Crippen LogP contribution in [-0.2, 0) is 6.18 Å². The Morgan fingerprint density at radius 3 is 2.44 bits per heavy atom. The van der Waals surface area contributed by atoms with Gasteiger partial charge in [0.25, 0.3) is 0 Å². The van der Waals surface area contributed by atoms with Crippen LogP contribution in [0.25, 0.3) is 0 Å². The first kappa shape index (κ1) is 13.2. The molecule has 0 aromatic heterocycles. The summed E-state index contributed by atoms with van der Waals surface area (Å²) in [6.07, 6.45) is -2.45. The molecule has 2 atom stereocenters. The second kappa shape index (κ2) is 5.18. The van der Waals surface area contributed by atoms with Gasteiger partial charge in [-0.1, -0.05) is 0 Å². The Morgan fingerprint density at radius 2 is 1.89 bits per heavy atom. The molecule has 0 spiro atoms. The van der Waals surface area contributed by atoms with E-state index in [-0.39, 0.29) is 6.10 Å². The van der Waals surface area contributed by atoms with Gasteiger partial charge < -0.3 is 10.1 Å². The van der Waals surface area contributed by atoms with E-state index in [0.717, 1.165) is 31.5 Å². The van der Waals surface area contributed by atoms with Gasteiger partial charge >= 0.3 is 6.18 Å². The molecule has 0 unspecified atom stereocenters. The van der Waals surface area contributed by atoms with Crippen LogP contribution in [0.1, 0.15) is 25.3 Å². The Kier molecular flexibility index (Phi) is 3.80. The van der Waals surface area contributed by atoms with Crippen molar-refractivity contribution in [1.82, 2.24) is 5.32 Å². The van der Waals surface area contributed by atoms with Crippen molar-refractivity contribution in [2.75, 3.05) is 6.54 Å². The number of halogens is 3. The smallest absolute Gasteiger partial charge is 0.416 e. The Labute approximate surface area is 104 Å². The fourth-order valence-electron chi connectivity index (χ4n) is 2.11. The van der Waals surface area contributed by atoms with Crippen LogP contribution in [0.3, 0.4) is 0 Å². The predicted octanol–water partition coefficient (Wildman–Crippen LogP) is 3.22. The molecule has 1 aromatic rings. The minimum absolute atomic E-state index is 0.0815. The molecule has 1 aromatic carbocycles. The van der Waals surface area contributed by atoms with Crippen molar-refractivity contribution < 1.29 is 17.9 Å². The molecule has 1 fully saturated rings. The van der Waals surface area contributed by atoms with Gasteiger partial charge in [0.1, 0.15) is 11.9 Å². The maximum absolute atomic E-state index is 12.4. The molecule has 0 bridgehead atoms. The van der Waals surface area contributed by atoms with Crippen LogP contribution in [0.4, 0.5) is 13.2 Å². The lowest BCUT2D eigenvalue weighted by molar-refractivity contribution is -0.137. The monoisotopic (exact) mass is 259 g/mol. The lowest BCUT2D eigenvalue weighted by Gasteiger charge is -2.28.